The number of piperidine rings is 1. The van der Waals surface area contributed by atoms with Crippen LogP contribution in [0.15, 0.2) is 18.2 Å². The minimum absolute atomic E-state index is 0.230. The normalized spacial score (nSPS) is 20.9. The highest BCUT2D eigenvalue weighted by Gasteiger charge is 2.44. The Kier molecular flexibility index (Phi) is 6.46. The van der Waals surface area contributed by atoms with Crippen LogP contribution < -0.4 is 9.47 Å². The van der Waals surface area contributed by atoms with E-state index in [1.165, 1.54) is 20.0 Å². The third kappa shape index (κ3) is 4.10. The second kappa shape index (κ2) is 8.83. The van der Waals surface area contributed by atoms with Gasteiger partial charge >= 0.3 is 5.97 Å². The summed E-state index contributed by atoms with van der Waals surface area (Å²) in [6, 6.07) is 5.60. The van der Waals surface area contributed by atoms with Gasteiger partial charge in [-0.15, -0.1) is 0 Å². The van der Waals surface area contributed by atoms with Crippen LogP contribution >= 0.6 is 0 Å². The Morgan fingerprint density at radius 3 is 2.46 bits per heavy atom. The molecule has 28 heavy (non-hydrogen) atoms. The molecule has 0 N–H and O–H groups in total. The monoisotopic (exact) mass is 386 g/mol. The predicted octanol–water partition coefficient (Wildman–Crippen LogP) is 3.79. The maximum absolute atomic E-state index is 11.8. The van der Waals surface area contributed by atoms with E-state index < -0.39 is 5.54 Å². The van der Waals surface area contributed by atoms with Crippen molar-refractivity contribution < 1.29 is 19.0 Å². The van der Waals surface area contributed by atoms with Gasteiger partial charge in [0.2, 0.25) is 0 Å². The summed E-state index contributed by atoms with van der Waals surface area (Å²) in [6.45, 7) is 11.1. The largest absolute Gasteiger partial charge is 0.493 e. The number of esters is 1. The molecule has 0 aromatic heterocycles. The zero-order valence-corrected chi connectivity index (χ0v) is 17.1. The fourth-order valence-corrected chi connectivity index (χ4v) is 4.31. The van der Waals surface area contributed by atoms with Crippen LogP contribution in [-0.4, -0.2) is 50.3 Å². The highest BCUT2D eigenvalue weighted by Crippen LogP contribution is 2.42. The minimum Gasteiger partial charge on any atom is -0.493 e. The highest BCUT2D eigenvalue weighted by atomic mass is 16.5. The average molecular weight is 386 g/mol. The van der Waals surface area contributed by atoms with E-state index >= 15 is 0 Å². The predicted molar refractivity (Wildman–Crippen MR) is 106 cm³/mol. The molecule has 1 aliphatic carbocycles. The van der Waals surface area contributed by atoms with Gasteiger partial charge in [-0.25, -0.2) is 6.57 Å². The average Bonchev–Trinajstić information content (AvgIpc) is 3.25. The molecule has 1 aliphatic heterocycles. The third-order valence-corrected chi connectivity index (χ3v) is 6.23. The minimum atomic E-state index is -0.591. The van der Waals surface area contributed by atoms with E-state index in [0.29, 0.717) is 31.7 Å². The number of nitrogens with zero attached hydrogens (tertiary/aromatic N) is 2. The second-order valence-corrected chi connectivity index (χ2v) is 7.77. The standard InChI is InChI=1S/C22H30N2O4/c1-16(21(25)27-4)24-13-11-22(23-2,12-14-24)17-9-10-19(26-3)20(15-17)28-18-7-5-6-8-18/h9-10,15-16,18H,5-8,11-14H2,1,3-4H3. The van der Waals surface area contributed by atoms with Gasteiger partial charge in [0.15, 0.2) is 11.5 Å². The molecule has 152 valence electrons. The van der Waals surface area contributed by atoms with Gasteiger partial charge in [-0.05, 0) is 50.8 Å². The molecule has 1 unspecified atom stereocenters. The molecule has 0 spiro atoms. The van der Waals surface area contributed by atoms with E-state index in [-0.39, 0.29) is 18.1 Å². The van der Waals surface area contributed by atoms with Gasteiger partial charge < -0.3 is 19.1 Å². The molecule has 1 aromatic carbocycles. The van der Waals surface area contributed by atoms with Crippen LogP contribution in [0.2, 0.25) is 0 Å². The lowest BCUT2D eigenvalue weighted by atomic mass is 9.81. The summed E-state index contributed by atoms with van der Waals surface area (Å²) in [7, 11) is 3.06. The van der Waals surface area contributed by atoms with Gasteiger partial charge in [0.05, 0.1) is 20.3 Å². The van der Waals surface area contributed by atoms with Gasteiger partial charge in [0, 0.05) is 31.5 Å². The molecule has 1 atom stereocenters. The number of carbonyl (C=O) groups is 1. The summed E-state index contributed by atoms with van der Waals surface area (Å²) in [4.78, 5) is 18.0. The molecule has 2 aliphatic rings. The smallest absolute Gasteiger partial charge is 0.322 e. The molecule has 1 heterocycles. The van der Waals surface area contributed by atoms with Crippen molar-refractivity contribution in [1.29, 1.82) is 0 Å². The summed E-state index contributed by atoms with van der Waals surface area (Å²) >= 11 is 0. The summed E-state index contributed by atoms with van der Waals surface area (Å²) in [6.07, 6.45) is 6.12. The van der Waals surface area contributed by atoms with Crippen molar-refractivity contribution in [3.63, 3.8) is 0 Å². The number of benzene rings is 1. The van der Waals surface area contributed by atoms with Crippen molar-refractivity contribution in [2.75, 3.05) is 27.3 Å². The first kappa shape index (κ1) is 20.5. The van der Waals surface area contributed by atoms with Crippen molar-refractivity contribution in [2.45, 2.75) is 63.1 Å². The van der Waals surface area contributed by atoms with Crippen LogP contribution in [0.3, 0.4) is 0 Å². The van der Waals surface area contributed by atoms with E-state index in [0.717, 1.165) is 24.2 Å². The number of likely N-dealkylation sites (tertiary alicyclic amines) is 1. The lowest BCUT2D eigenvalue weighted by Crippen LogP contribution is -2.48. The molecule has 6 heteroatoms. The molecule has 0 radical (unpaired) electrons. The molecular weight excluding hydrogens is 356 g/mol. The molecule has 6 nitrogen and oxygen atoms in total. The summed E-state index contributed by atoms with van der Waals surface area (Å²) in [5, 5.41) is 0. The van der Waals surface area contributed by atoms with Crippen LogP contribution in [0.25, 0.3) is 4.85 Å². The summed E-state index contributed by atoms with van der Waals surface area (Å²) in [5.41, 5.74) is 0.383. The molecule has 1 aromatic rings. The molecule has 1 saturated heterocycles. The Morgan fingerprint density at radius 1 is 1.21 bits per heavy atom. The zero-order chi connectivity index (χ0) is 20.1. The number of hydrogen-bond donors (Lipinski definition) is 0. The number of hydrogen-bond acceptors (Lipinski definition) is 5. The van der Waals surface area contributed by atoms with Crippen LogP contribution in [0.1, 0.15) is 51.0 Å². The lowest BCUT2D eigenvalue weighted by Gasteiger charge is -2.36. The number of rotatable bonds is 6. The Labute approximate surface area is 167 Å². The maximum atomic E-state index is 11.8. The maximum Gasteiger partial charge on any atom is 0.322 e. The summed E-state index contributed by atoms with van der Waals surface area (Å²) in [5.74, 6) is 1.22. The molecule has 2 fully saturated rings. The Hall–Kier alpha value is -2.26. The zero-order valence-electron chi connectivity index (χ0n) is 17.1. The first-order chi connectivity index (χ1) is 13.5. The molecular formula is C22H30N2O4. The van der Waals surface area contributed by atoms with Gasteiger partial charge in [0.1, 0.15) is 6.04 Å². The quantitative estimate of drug-likeness (QED) is 0.550. The SMILES string of the molecule is [C-]#[N+]C1(c2ccc(OC)c(OC3CCCC3)c2)CCN(C(C)C(=O)OC)CC1. The third-order valence-electron chi connectivity index (χ3n) is 6.23. The van der Waals surface area contributed by atoms with E-state index in [1.807, 2.05) is 25.1 Å². The van der Waals surface area contributed by atoms with Gasteiger partial charge in [-0.3, -0.25) is 9.69 Å². The van der Waals surface area contributed by atoms with Crippen LogP contribution in [0.4, 0.5) is 0 Å². The number of methoxy groups -OCH3 is 2. The van der Waals surface area contributed by atoms with Crippen LogP contribution in [-0.2, 0) is 15.1 Å². The van der Waals surface area contributed by atoms with Crippen molar-refractivity contribution in [3.8, 4) is 11.5 Å². The summed E-state index contributed by atoms with van der Waals surface area (Å²) < 4.78 is 16.6. The second-order valence-electron chi connectivity index (χ2n) is 7.77. The fourth-order valence-electron chi connectivity index (χ4n) is 4.31. The topological polar surface area (TPSA) is 52.4 Å². The lowest BCUT2D eigenvalue weighted by molar-refractivity contribution is -0.146. The van der Waals surface area contributed by atoms with Crippen molar-refractivity contribution in [3.05, 3.63) is 35.2 Å². The van der Waals surface area contributed by atoms with E-state index in [4.69, 9.17) is 20.8 Å². The van der Waals surface area contributed by atoms with E-state index in [1.54, 1.807) is 7.11 Å². The van der Waals surface area contributed by atoms with Crippen LogP contribution in [0.5, 0.6) is 11.5 Å². The number of ether oxygens (including phenoxy) is 3. The first-order valence-corrected chi connectivity index (χ1v) is 10.1. The molecule has 0 amide bonds. The van der Waals surface area contributed by atoms with Crippen molar-refractivity contribution in [2.24, 2.45) is 0 Å². The van der Waals surface area contributed by atoms with Crippen molar-refractivity contribution >= 4 is 5.97 Å². The Balaban J connectivity index is 1.79. The Morgan fingerprint density at radius 2 is 1.89 bits per heavy atom. The van der Waals surface area contributed by atoms with Gasteiger partial charge in [-0.2, -0.15) is 0 Å². The molecule has 3 rings (SSSR count). The Bertz CT molecular complexity index is 729. The van der Waals surface area contributed by atoms with E-state index in [9.17, 15) is 4.79 Å². The van der Waals surface area contributed by atoms with Crippen LogP contribution in [0, 0.1) is 6.57 Å². The molecule has 1 saturated carbocycles. The van der Waals surface area contributed by atoms with E-state index in [2.05, 4.69) is 9.74 Å². The highest BCUT2D eigenvalue weighted by molar-refractivity contribution is 5.75. The van der Waals surface area contributed by atoms with Crippen molar-refractivity contribution in [1.82, 2.24) is 4.90 Å². The number of carbonyl (C=O) groups excluding carboxylic acids is 1. The first-order valence-electron chi connectivity index (χ1n) is 10.1. The molecule has 0 bridgehead atoms. The van der Waals surface area contributed by atoms with Gasteiger partial charge in [0.25, 0.3) is 5.54 Å². The fraction of sp³-hybridized carbons (Fsp3) is 0.636. The van der Waals surface area contributed by atoms with Gasteiger partial charge in [-0.1, -0.05) is 0 Å².